The zero-order valence-electron chi connectivity index (χ0n) is 13.0. The number of amides is 1. The monoisotopic (exact) mass is 290 g/mol. The smallest absolute Gasteiger partial charge is 0.227 e. The van der Waals surface area contributed by atoms with Crippen LogP contribution in [0.2, 0.25) is 0 Å². The number of hydrogen-bond acceptors (Lipinski definition) is 3. The summed E-state index contributed by atoms with van der Waals surface area (Å²) in [6, 6.07) is 7.74. The van der Waals surface area contributed by atoms with Crippen molar-refractivity contribution in [1.82, 2.24) is 0 Å². The van der Waals surface area contributed by atoms with Crippen LogP contribution in [0.25, 0.3) is 0 Å². The molecule has 1 aromatic carbocycles. The van der Waals surface area contributed by atoms with Crippen molar-refractivity contribution in [3.05, 3.63) is 24.3 Å². The molecular weight excluding hydrogens is 264 g/mol. The van der Waals surface area contributed by atoms with E-state index in [0.717, 1.165) is 24.3 Å². The largest absolute Gasteiger partial charge is 0.490 e. The Labute approximate surface area is 127 Å². The summed E-state index contributed by atoms with van der Waals surface area (Å²) in [5, 5.41) is 0. The molecule has 0 radical (unpaired) electrons. The van der Waals surface area contributed by atoms with Crippen molar-refractivity contribution in [3.8, 4) is 5.75 Å². The number of hydrogen-bond donors (Lipinski definition) is 1. The van der Waals surface area contributed by atoms with Crippen molar-refractivity contribution in [3.63, 3.8) is 0 Å². The standard InChI is InChI=1S/C17H26N2O2/c1-13(2)14(9-10-18)7-8-17(20)19-11-12-21-16-6-4-3-5-15(16)19/h3-6,13-14H,7-12,18H2,1-2H3. The van der Waals surface area contributed by atoms with Gasteiger partial charge in [0.25, 0.3) is 0 Å². The fourth-order valence-corrected chi connectivity index (χ4v) is 2.90. The van der Waals surface area contributed by atoms with Crippen LogP contribution >= 0.6 is 0 Å². The van der Waals surface area contributed by atoms with Gasteiger partial charge in [0.1, 0.15) is 12.4 Å². The molecule has 0 fully saturated rings. The van der Waals surface area contributed by atoms with Gasteiger partial charge in [-0.05, 0) is 43.4 Å². The molecule has 1 aliphatic rings. The third-order valence-electron chi connectivity index (χ3n) is 4.24. The van der Waals surface area contributed by atoms with Gasteiger partial charge in [-0.1, -0.05) is 26.0 Å². The number of carbonyl (C=O) groups is 1. The molecule has 0 spiro atoms. The van der Waals surface area contributed by atoms with Crippen LogP contribution in [-0.4, -0.2) is 25.6 Å². The predicted molar refractivity (Wildman–Crippen MR) is 85.5 cm³/mol. The second-order valence-electron chi connectivity index (χ2n) is 5.98. The molecule has 1 unspecified atom stereocenters. The highest BCUT2D eigenvalue weighted by molar-refractivity contribution is 5.95. The first-order valence-electron chi connectivity index (χ1n) is 7.85. The summed E-state index contributed by atoms with van der Waals surface area (Å²) in [6.45, 7) is 6.30. The second kappa shape index (κ2) is 7.46. The number of benzene rings is 1. The lowest BCUT2D eigenvalue weighted by molar-refractivity contribution is -0.119. The normalized spacial score (nSPS) is 15.5. The van der Waals surface area contributed by atoms with Crippen molar-refractivity contribution in [1.29, 1.82) is 0 Å². The van der Waals surface area contributed by atoms with E-state index in [1.165, 1.54) is 0 Å². The molecule has 2 N–H and O–H groups in total. The van der Waals surface area contributed by atoms with Gasteiger partial charge in [0.05, 0.1) is 12.2 Å². The maximum atomic E-state index is 12.5. The lowest BCUT2D eigenvalue weighted by Gasteiger charge is -2.30. The highest BCUT2D eigenvalue weighted by atomic mass is 16.5. The molecule has 21 heavy (non-hydrogen) atoms. The first-order chi connectivity index (χ1) is 10.1. The molecule has 0 saturated carbocycles. The Morgan fingerprint density at radius 1 is 1.33 bits per heavy atom. The Morgan fingerprint density at radius 3 is 2.81 bits per heavy atom. The Hall–Kier alpha value is -1.55. The van der Waals surface area contributed by atoms with Crippen LogP contribution < -0.4 is 15.4 Å². The molecule has 0 bridgehead atoms. The number of nitrogens with two attached hydrogens (primary N) is 1. The van der Waals surface area contributed by atoms with Gasteiger partial charge in [-0.2, -0.15) is 0 Å². The third kappa shape index (κ3) is 3.97. The van der Waals surface area contributed by atoms with Gasteiger partial charge in [-0.3, -0.25) is 4.79 Å². The maximum absolute atomic E-state index is 12.5. The average Bonchev–Trinajstić information content (AvgIpc) is 2.50. The summed E-state index contributed by atoms with van der Waals surface area (Å²) >= 11 is 0. The van der Waals surface area contributed by atoms with Crippen LogP contribution in [0.4, 0.5) is 5.69 Å². The van der Waals surface area contributed by atoms with Gasteiger partial charge in [-0.15, -0.1) is 0 Å². The topological polar surface area (TPSA) is 55.6 Å². The highest BCUT2D eigenvalue weighted by Crippen LogP contribution is 2.32. The molecule has 1 heterocycles. The fourth-order valence-electron chi connectivity index (χ4n) is 2.90. The molecule has 1 aliphatic heterocycles. The van der Waals surface area contributed by atoms with Gasteiger partial charge in [0, 0.05) is 6.42 Å². The number of para-hydroxylation sites is 2. The molecule has 4 nitrogen and oxygen atoms in total. The number of ether oxygens (including phenoxy) is 1. The van der Waals surface area contributed by atoms with Crippen molar-refractivity contribution in [2.45, 2.75) is 33.1 Å². The molecule has 116 valence electrons. The van der Waals surface area contributed by atoms with E-state index in [0.29, 0.717) is 38.0 Å². The van der Waals surface area contributed by atoms with Crippen LogP contribution in [-0.2, 0) is 4.79 Å². The summed E-state index contributed by atoms with van der Waals surface area (Å²) < 4.78 is 5.60. The maximum Gasteiger partial charge on any atom is 0.227 e. The van der Waals surface area contributed by atoms with Crippen molar-refractivity contribution < 1.29 is 9.53 Å². The SMILES string of the molecule is CC(C)C(CCN)CCC(=O)N1CCOc2ccccc21. The molecule has 2 rings (SSSR count). The first kappa shape index (κ1) is 15.8. The van der Waals surface area contributed by atoms with E-state index in [-0.39, 0.29) is 5.91 Å². The molecule has 0 aromatic heterocycles. The molecule has 1 atom stereocenters. The Bertz CT molecular complexity index is 474. The second-order valence-corrected chi connectivity index (χ2v) is 5.98. The highest BCUT2D eigenvalue weighted by Gasteiger charge is 2.24. The fraction of sp³-hybridized carbons (Fsp3) is 0.588. The minimum atomic E-state index is 0.188. The number of fused-ring (bicyclic) bond motifs is 1. The van der Waals surface area contributed by atoms with E-state index in [1.807, 2.05) is 29.2 Å². The zero-order valence-corrected chi connectivity index (χ0v) is 13.0. The van der Waals surface area contributed by atoms with E-state index >= 15 is 0 Å². The van der Waals surface area contributed by atoms with Gasteiger partial charge in [-0.25, -0.2) is 0 Å². The average molecular weight is 290 g/mol. The predicted octanol–water partition coefficient (Wildman–Crippen LogP) is 2.81. The molecule has 1 amide bonds. The van der Waals surface area contributed by atoms with E-state index in [2.05, 4.69) is 13.8 Å². The van der Waals surface area contributed by atoms with E-state index in [1.54, 1.807) is 0 Å². The number of rotatable bonds is 6. The van der Waals surface area contributed by atoms with Gasteiger partial charge < -0.3 is 15.4 Å². The van der Waals surface area contributed by atoms with Crippen LogP contribution in [0, 0.1) is 11.8 Å². The molecule has 0 aliphatic carbocycles. The zero-order chi connectivity index (χ0) is 15.2. The summed E-state index contributed by atoms with van der Waals surface area (Å²) in [7, 11) is 0. The van der Waals surface area contributed by atoms with Gasteiger partial charge in [0.2, 0.25) is 5.91 Å². The lowest BCUT2D eigenvalue weighted by Crippen LogP contribution is -2.38. The molecule has 0 saturated heterocycles. The van der Waals surface area contributed by atoms with Crippen molar-refractivity contribution >= 4 is 11.6 Å². The Morgan fingerprint density at radius 2 is 2.10 bits per heavy atom. The van der Waals surface area contributed by atoms with Crippen molar-refractivity contribution in [2.24, 2.45) is 17.6 Å². The van der Waals surface area contributed by atoms with Gasteiger partial charge in [0.15, 0.2) is 0 Å². The summed E-state index contributed by atoms with van der Waals surface area (Å²) in [5.41, 5.74) is 6.56. The van der Waals surface area contributed by atoms with Crippen LogP contribution in [0.1, 0.15) is 33.1 Å². The van der Waals surface area contributed by atoms with Crippen LogP contribution in [0.15, 0.2) is 24.3 Å². The minimum absolute atomic E-state index is 0.188. The van der Waals surface area contributed by atoms with Crippen LogP contribution in [0.3, 0.4) is 0 Å². The van der Waals surface area contributed by atoms with Gasteiger partial charge >= 0.3 is 0 Å². The number of nitrogens with zero attached hydrogens (tertiary/aromatic N) is 1. The summed E-state index contributed by atoms with van der Waals surface area (Å²) in [5.74, 6) is 2.08. The van der Waals surface area contributed by atoms with E-state index in [9.17, 15) is 4.79 Å². The van der Waals surface area contributed by atoms with Crippen molar-refractivity contribution in [2.75, 3.05) is 24.6 Å². The Balaban J connectivity index is 1.98. The third-order valence-corrected chi connectivity index (χ3v) is 4.24. The van der Waals surface area contributed by atoms with E-state index < -0.39 is 0 Å². The van der Waals surface area contributed by atoms with E-state index in [4.69, 9.17) is 10.5 Å². The first-order valence-corrected chi connectivity index (χ1v) is 7.85. The van der Waals surface area contributed by atoms with Crippen LogP contribution in [0.5, 0.6) is 5.75 Å². The lowest BCUT2D eigenvalue weighted by atomic mass is 9.88. The Kier molecular flexibility index (Phi) is 5.62. The molecule has 1 aromatic rings. The number of anilines is 1. The summed E-state index contributed by atoms with van der Waals surface area (Å²) in [4.78, 5) is 14.4. The number of carbonyl (C=O) groups excluding carboxylic acids is 1. The molecular formula is C17H26N2O2. The molecule has 4 heteroatoms. The summed E-state index contributed by atoms with van der Waals surface area (Å²) in [6.07, 6.45) is 2.48. The quantitative estimate of drug-likeness (QED) is 0.876. The minimum Gasteiger partial charge on any atom is -0.490 e.